The van der Waals surface area contributed by atoms with E-state index in [1.165, 1.54) is 53.4 Å². The molecule has 2 heterocycles. The first-order valence-corrected chi connectivity index (χ1v) is 12.8. The fourth-order valence-electron chi connectivity index (χ4n) is 4.32. The quantitative estimate of drug-likeness (QED) is 0.133. The molecular weight excluding hydrogens is 566 g/mol. The maximum Gasteiger partial charge on any atom is 0.408 e. The monoisotopic (exact) mass is 589 g/mol. The molecule has 41 heavy (non-hydrogen) atoms. The summed E-state index contributed by atoms with van der Waals surface area (Å²) in [4.78, 5) is 71.6. The van der Waals surface area contributed by atoms with Crippen LogP contribution in [0.15, 0.2) is 48.5 Å². The van der Waals surface area contributed by atoms with Gasteiger partial charge in [-0.15, -0.1) is 11.8 Å². The number of nitrogens with two attached hydrogens (primary N) is 1. The number of hydrogen-bond donors (Lipinski definition) is 2. The predicted octanol–water partition coefficient (Wildman–Crippen LogP) is 1.98. The van der Waals surface area contributed by atoms with Gasteiger partial charge in [0.15, 0.2) is 0 Å². The van der Waals surface area contributed by atoms with Crippen LogP contribution in [0.3, 0.4) is 0 Å². The number of esters is 1. The molecule has 2 saturated heterocycles. The van der Waals surface area contributed by atoms with Crippen LogP contribution in [0.2, 0.25) is 0 Å². The van der Waals surface area contributed by atoms with Crippen LogP contribution in [-0.4, -0.2) is 67.6 Å². The Morgan fingerprint density at radius 3 is 1.95 bits per heavy atom. The van der Waals surface area contributed by atoms with Crippen LogP contribution in [0.5, 0.6) is 0 Å². The lowest BCUT2D eigenvalue weighted by atomic mass is 9.95. The SMILES string of the molecule is C[C@@]1(COC(N)=O)S[C@@H]2[C@H](NC(=O)OCc3ccc([N+](=O)[O-])cc3)C(=O)N2[C@H]1C(=O)OCc1ccc([N+](=O)[O-])cc1. The van der Waals surface area contributed by atoms with E-state index < -0.39 is 56.1 Å². The third-order valence-corrected chi connectivity index (χ3v) is 7.99. The van der Waals surface area contributed by atoms with Crippen LogP contribution in [-0.2, 0) is 37.0 Å². The van der Waals surface area contributed by atoms with Gasteiger partial charge in [0.2, 0.25) is 5.91 Å². The number of β-lactam (4-membered cyclic amide) rings is 1. The van der Waals surface area contributed by atoms with Crippen molar-refractivity contribution in [3.05, 3.63) is 79.9 Å². The molecule has 4 rings (SSSR count). The molecule has 2 aromatic rings. The van der Waals surface area contributed by atoms with E-state index in [4.69, 9.17) is 19.9 Å². The van der Waals surface area contributed by atoms with Crippen molar-refractivity contribution in [2.75, 3.05) is 6.61 Å². The fourth-order valence-corrected chi connectivity index (χ4v) is 6.00. The molecule has 3 N–H and O–H groups in total. The molecule has 17 heteroatoms. The molecule has 216 valence electrons. The lowest BCUT2D eigenvalue weighted by Crippen LogP contribution is -2.71. The van der Waals surface area contributed by atoms with Crippen molar-refractivity contribution in [3.8, 4) is 0 Å². The standard InChI is InChI=1S/C24H23N5O11S/c1-24(12-40-22(25)32)18(21(31)38-10-13-2-6-15(7-3-13)28(34)35)27-19(30)17(20(27)41-24)26-23(33)39-11-14-4-8-16(9-5-14)29(36)37/h2-9,17-18,20H,10-12H2,1H3,(H2,25,32)(H,26,33)/t17-,18+,20-,24+/m1/s1. The van der Waals surface area contributed by atoms with Crippen LogP contribution >= 0.6 is 11.8 Å². The summed E-state index contributed by atoms with van der Waals surface area (Å²) in [5.41, 5.74) is 5.79. The molecule has 0 bridgehead atoms. The van der Waals surface area contributed by atoms with Gasteiger partial charge in [-0.05, 0) is 42.3 Å². The molecule has 0 radical (unpaired) electrons. The van der Waals surface area contributed by atoms with Gasteiger partial charge in [-0.3, -0.25) is 25.0 Å². The number of nitro groups is 2. The normalized spacial score (nSPS) is 22.6. The first-order valence-electron chi connectivity index (χ1n) is 11.9. The van der Waals surface area contributed by atoms with Crippen LogP contribution in [0.4, 0.5) is 21.0 Å². The maximum absolute atomic E-state index is 13.2. The number of nitrogens with one attached hydrogen (secondary N) is 1. The minimum atomic E-state index is -1.21. The number of benzene rings is 2. The van der Waals surface area contributed by atoms with Crippen LogP contribution < -0.4 is 11.1 Å². The van der Waals surface area contributed by atoms with Crippen LogP contribution in [0, 0.1) is 20.2 Å². The molecule has 2 aliphatic heterocycles. The average Bonchev–Trinajstić information content (AvgIpc) is 3.22. The number of carbonyl (C=O) groups excluding carboxylic acids is 4. The summed E-state index contributed by atoms with van der Waals surface area (Å²) < 4.78 is 14.3. The third kappa shape index (κ3) is 6.29. The zero-order chi connectivity index (χ0) is 29.9. The number of non-ortho nitro benzene ring substituents is 2. The van der Waals surface area contributed by atoms with Gasteiger partial charge in [-0.25, -0.2) is 14.4 Å². The van der Waals surface area contributed by atoms with E-state index in [0.717, 1.165) is 11.8 Å². The number of alkyl carbamates (subject to hydrolysis) is 1. The average molecular weight is 590 g/mol. The lowest BCUT2D eigenvalue weighted by Gasteiger charge is -2.43. The number of hydrogen-bond acceptors (Lipinski definition) is 12. The summed E-state index contributed by atoms with van der Waals surface area (Å²) in [5, 5.41) is 23.3. The van der Waals surface area contributed by atoms with E-state index in [2.05, 4.69) is 5.32 Å². The Balaban J connectivity index is 1.40. The number of carbonyl (C=O) groups is 4. The fraction of sp³-hybridized carbons (Fsp3) is 0.333. The van der Waals surface area contributed by atoms with Crippen molar-refractivity contribution < 1.29 is 43.2 Å². The van der Waals surface area contributed by atoms with Crippen molar-refractivity contribution in [3.63, 3.8) is 0 Å². The van der Waals surface area contributed by atoms with Crippen molar-refractivity contribution in [1.29, 1.82) is 0 Å². The van der Waals surface area contributed by atoms with Gasteiger partial charge in [-0.1, -0.05) is 0 Å². The Morgan fingerprint density at radius 1 is 0.951 bits per heavy atom. The summed E-state index contributed by atoms with van der Waals surface area (Å²) in [7, 11) is 0. The molecule has 0 aromatic heterocycles. The second-order valence-electron chi connectivity index (χ2n) is 9.23. The first-order chi connectivity index (χ1) is 19.4. The van der Waals surface area contributed by atoms with Gasteiger partial charge in [-0.2, -0.15) is 0 Å². The Hall–Kier alpha value is -4.93. The molecule has 0 unspecified atom stereocenters. The number of rotatable bonds is 10. The number of primary amides is 1. The van der Waals surface area contributed by atoms with Gasteiger partial charge >= 0.3 is 18.2 Å². The number of fused-ring (bicyclic) bond motifs is 1. The van der Waals surface area contributed by atoms with Crippen molar-refractivity contribution in [2.45, 2.75) is 42.3 Å². The van der Waals surface area contributed by atoms with E-state index in [-0.39, 0.29) is 31.2 Å². The predicted molar refractivity (Wildman–Crippen MR) is 139 cm³/mol. The minimum absolute atomic E-state index is 0.124. The highest BCUT2D eigenvalue weighted by Crippen LogP contribution is 2.51. The molecule has 2 aromatic carbocycles. The van der Waals surface area contributed by atoms with Crippen molar-refractivity contribution in [1.82, 2.24) is 10.2 Å². The Labute approximate surface area is 235 Å². The highest BCUT2D eigenvalue weighted by atomic mass is 32.2. The maximum atomic E-state index is 13.2. The van der Waals surface area contributed by atoms with Gasteiger partial charge in [0.05, 0.1) is 14.6 Å². The smallest absolute Gasteiger partial charge is 0.408 e. The van der Waals surface area contributed by atoms with Gasteiger partial charge in [0.1, 0.15) is 37.3 Å². The Morgan fingerprint density at radius 2 is 1.46 bits per heavy atom. The number of nitro benzene ring substituents is 2. The highest BCUT2D eigenvalue weighted by molar-refractivity contribution is 8.01. The summed E-state index contributed by atoms with van der Waals surface area (Å²) in [6.07, 6.45) is -2.02. The molecule has 4 atom stereocenters. The molecule has 0 spiro atoms. The molecule has 0 aliphatic carbocycles. The molecule has 0 saturated carbocycles. The number of ether oxygens (including phenoxy) is 3. The molecular formula is C24H23N5O11S. The van der Waals surface area contributed by atoms with Crippen LogP contribution in [0.25, 0.3) is 0 Å². The summed E-state index contributed by atoms with van der Waals surface area (Å²) >= 11 is 1.10. The first kappa shape index (κ1) is 29.1. The third-order valence-electron chi connectivity index (χ3n) is 6.37. The molecule has 2 aliphatic rings. The minimum Gasteiger partial charge on any atom is -0.459 e. The van der Waals surface area contributed by atoms with E-state index in [1.54, 1.807) is 6.92 Å². The largest absolute Gasteiger partial charge is 0.459 e. The van der Waals surface area contributed by atoms with E-state index in [1.807, 2.05) is 0 Å². The second kappa shape index (κ2) is 11.7. The van der Waals surface area contributed by atoms with Gasteiger partial charge in [0, 0.05) is 24.3 Å². The van der Waals surface area contributed by atoms with Gasteiger partial charge in [0.25, 0.3) is 11.4 Å². The molecule has 2 fully saturated rings. The Bertz CT molecular complexity index is 1390. The number of amides is 3. The number of thioether (sulfide) groups is 1. The zero-order valence-electron chi connectivity index (χ0n) is 21.3. The van der Waals surface area contributed by atoms with Crippen molar-refractivity contribution >= 4 is 47.2 Å². The molecule has 16 nitrogen and oxygen atoms in total. The van der Waals surface area contributed by atoms with E-state index in [0.29, 0.717) is 11.1 Å². The van der Waals surface area contributed by atoms with E-state index >= 15 is 0 Å². The van der Waals surface area contributed by atoms with Crippen LogP contribution in [0.1, 0.15) is 18.1 Å². The van der Waals surface area contributed by atoms with Crippen molar-refractivity contribution in [2.24, 2.45) is 5.73 Å². The number of nitrogens with zero attached hydrogens (tertiary/aromatic N) is 3. The highest BCUT2D eigenvalue weighted by Gasteiger charge is 2.66. The Kier molecular flexibility index (Phi) is 8.27. The topological polar surface area (TPSA) is 224 Å². The molecule has 3 amide bonds. The summed E-state index contributed by atoms with van der Waals surface area (Å²) in [6, 6.07) is 8.44. The lowest BCUT2D eigenvalue weighted by molar-refractivity contribution is -0.385. The summed E-state index contributed by atoms with van der Waals surface area (Å²) in [6.45, 7) is 0.776. The summed E-state index contributed by atoms with van der Waals surface area (Å²) in [5.74, 6) is -1.42. The zero-order valence-corrected chi connectivity index (χ0v) is 22.1. The van der Waals surface area contributed by atoms with E-state index in [9.17, 15) is 39.4 Å². The van der Waals surface area contributed by atoms with Gasteiger partial charge < -0.3 is 30.2 Å². The second-order valence-corrected chi connectivity index (χ2v) is 10.9.